The predicted octanol–water partition coefficient (Wildman–Crippen LogP) is 2.17. The molecule has 0 unspecified atom stereocenters. The van der Waals surface area contributed by atoms with Crippen LogP contribution in [0, 0.1) is 0 Å². The van der Waals surface area contributed by atoms with E-state index in [0.29, 0.717) is 6.04 Å². The van der Waals surface area contributed by atoms with Crippen molar-refractivity contribution < 1.29 is 4.74 Å². The highest BCUT2D eigenvalue weighted by Gasteiger charge is 2.18. The molecular weight excluding hydrogens is 238 g/mol. The second-order valence-corrected chi connectivity index (χ2v) is 4.52. The molecule has 2 nitrogen and oxygen atoms in total. The first-order valence-corrected chi connectivity index (χ1v) is 5.59. The van der Waals surface area contributed by atoms with Gasteiger partial charge in [0.1, 0.15) is 0 Å². The van der Waals surface area contributed by atoms with Gasteiger partial charge in [0.05, 0.1) is 19.3 Å². The van der Waals surface area contributed by atoms with E-state index in [0.717, 1.165) is 19.8 Å². The van der Waals surface area contributed by atoms with Gasteiger partial charge in [0.25, 0.3) is 0 Å². The molecule has 66 valence electrons. The zero-order chi connectivity index (χ0) is 8.39. The molecule has 1 aliphatic rings. The molecule has 0 aliphatic carbocycles. The lowest BCUT2D eigenvalue weighted by molar-refractivity contribution is 0.0777. The first kappa shape index (κ1) is 8.69. The van der Waals surface area contributed by atoms with Crippen LogP contribution in [0.25, 0.3) is 0 Å². The maximum atomic E-state index is 5.38. The topological polar surface area (TPSA) is 21.3 Å². The van der Waals surface area contributed by atoms with Crippen molar-refractivity contribution in [1.29, 1.82) is 0 Å². The van der Waals surface area contributed by atoms with E-state index in [1.54, 1.807) is 11.3 Å². The Balaban J connectivity index is 2.13. The van der Waals surface area contributed by atoms with Crippen molar-refractivity contribution in [2.45, 2.75) is 6.04 Å². The Bertz CT molecular complexity index is 257. The molecule has 1 saturated heterocycles. The molecule has 0 aromatic carbocycles. The summed E-state index contributed by atoms with van der Waals surface area (Å²) in [5.41, 5.74) is 0. The first-order chi connectivity index (χ1) is 5.88. The van der Waals surface area contributed by atoms with E-state index in [1.807, 2.05) is 0 Å². The van der Waals surface area contributed by atoms with Crippen molar-refractivity contribution in [3.05, 3.63) is 20.8 Å². The minimum atomic E-state index is 0.383. The van der Waals surface area contributed by atoms with Gasteiger partial charge in [-0.3, -0.25) is 0 Å². The van der Waals surface area contributed by atoms with Crippen molar-refractivity contribution in [1.82, 2.24) is 5.32 Å². The maximum absolute atomic E-state index is 5.38. The van der Waals surface area contributed by atoms with E-state index in [1.165, 1.54) is 9.35 Å². The monoisotopic (exact) mass is 247 g/mol. The summed E-state index contributed by atoms with van der Waals surface area (Å²) in [4.78, 5) is 1.34. The summed E-state index contributed by atoms with van der Waals surface area (Å²) in [6.45, 7) is 2.58. The molecular formula is C8H10BrNOS. The Labute approximate surface area is 84.1 Å². The lowest BCUT2D eigenvalue weighted by atomic mass is 10.2. The molecule has 1 aliphatic heterocycles. The summed E-state index contributed by atoms with van der Waals surface area (Å²) < 4.78 is 6.57. The van der Waals surface area contributed by atoms with E-state index in [9.17, 15) is 0 Å². The zero-order valence-corrected chi connectivity index (χ0v) is 8.95. The van der Waals surface area contributed by atoms with Crippen LogP contribution in [-0.2, 0) is 4.74 Å². The molecule has 12 heavy (non-hydrogen) atoms. The van der Waals surface area contributed by atoms with Gasteiger partial charge in [-0.05, 0) is 27.4 Å². The summed E-state index contributed by atoms with van der Waals surface area (Å²) >= 11 is 5.28. The smallest absolute Gasteiger partial charge is 0.0670 e. The van der Waals surface area contributed by atoms with Crippen molar-refractivity contribution in [2.24, 2.45) is 0 Å². The van der Waals surface area contributed by atoms with Crippen LogP contribution >= 0.6 is 27.3 Å². The van der Waals surface area contributed by atoms with Crippen molar-refractivity contribution in [3.8, 4) is 0 Å². The number of rotatable bonds is 1. The van der Waals surface area contributed by atoms with Gasteiger partial charge in [0, 0.05) is 15.9 Å². The molecule has 1 aromatic heterocycles. The van der Waals surface area contributed by atoms with Gasteiger partial charge in [-0.2, -0.15) is 0 Å². The number of hydrogen-bond donors (Lipinski definition) is 1. The molecule has 2 rings (SSSR count). The van der Waals surface area contributed by atoms with E-state index < -0.39 is 0 Å². The minimum Gasteiger partial charge on any atom is -0.378 e. The molecule has 2 heterocycles. The average molecular weight is 248 g/mol. The van der Waals surface area contributed by atoms with Gasteiger partial charge in [-0.1, -0.05) is 0 Å². The fourth-order valence-corrected chi connectivity index (χ4v) is 3.00. The van der Waals surface area contributed by atoms with Crippen molar-refractivity contribution >= 4 is 27.3 Å². The SMILES string of the molecule is Brc1ccsc1[C@H]1COCCN1. The van der Waals surface area contributed by atoms with E-state index in [4.69, 9.17) is 4.74 Å². The molecule has 4 heteroatoms. The highest BCUT2D eigenvalue weighted by molar-refractivity contribution is 9.10. The van der Waals surface area contributed by atoms with Crippen molar-refractivity contribution in [3.63, 3.8) is 0 Å². The van der Waals surface area contributed by atoms with Crippen LogP contribution in [0.2, 0.25) is 0 Å². The number of nitrogens with one attached hydrogen (secondary N) is 1. The number of thiophene rings is 1. The van der Waals surface area contributed by atoms with Crippen LogP contribution in [0.1, 0.15) is 10.9 Å². The second kappa shape index (κ2) is 3.87. The molecule has 0 amide bonds. The number of morpholine rings is 1. The summed E-state index contributed by atoms with van der Waals surface area (Å²) in [6.07, 6.45) is 0. The molecule has 1 aromatic rings. The standard InChI is InChI=1S/C8H10BrNOS/c9-6-1-4-12-8(6)7-5-11-3-2-10-7/h1,4,7,10H,2-3,5H2/t7-/m1/s1. The largest absolute Gasteiger partial charge is 0.378 e. The van der Waals surface area contributed by atoms with Crippen LogP contribution in [0.15, 0.2) is 15.9 Å². The summed E-state index contributed by atoms with van der Waals surface area (Å²) in [6, 6.07) is 2.46. The van der Waals surface area contributed by atoms with Crippen molar-refractivity contribution in [2.75, 3.05) is 19.8 Å². The Morgan fingerprint density at radius 1 is 1.67 bits per heavy atom. The number of hydrogen-bond acceptors (Lipinski definition) is 3. The highest BCUT2D eigenvalue weighted by Crippen LogP contribution is 2.29. The third kappa shape index (κ3) is 1.71. The molecule has 0 spiro atoms. The fraction of sp³-hybridized carbons (Fsp3) is 0.500. The third-order valence-corrected chi connectivity index (χ3v) is 3.87. The normalized spacial score (nSPS) is 24.2. The number of halogens is 1. The van der Waals surface area contributed by atoms with Gasteiger partial charge in [0.15, 0.2) is 0 Å². The average Bonchev–Trinajstić information content (AvgIpc) is 2.53. The molecule has 1 N–H and O–H groups in total. The molecule has 0 bridgehead atoms. The van der Waals surface area contributed by atoms with Crippen LogP contribution < -0.4 is 5.32 Å². The lowest BCUT2D eigenvalue weighted by Gasteiger charge is -2.23. The van der Waals surface area contributed by atoms with Crippen LogP contribution in [-0.4, -0.2) is 19.8 Å². The van der Waals surface area contributed by atoms with E-state index >= 15 is 0 Å². The maximum Gasteiger partial charge on any atom is 0.0670 e. The Morgan fingerprint density at radius 2 is 2.58 bits per heavy atom. The van der Waals surface area contributed by atoms with E-state index in [-0.39, 0.29) is 0 Å². The van der Waals surface area contributed by atoms with E-state index in [2.05, 4.69) is 32.7 Å². The molecule has 0 radical (unpaired) electrons. The Kier molecular flexibility index (Phi) is 2.80. The van der Waals surface area contributed by atoms with Gasteiger partial charge >= 0.3 is 0 Å². The molecule has 1 fully saturated rings. The van der Waals surface area contributed by atoms with Crippen LogP contribution in [0.3, 0.4) is 0 Å². The van der Waals surface area contributed by atoms with Crippen LogP contribution in [0.4, 0.5) is 0 Å². The zero-order valence-electron chi connectivity index (χ0n) is 6.55. The molecule has 1 atom stereocenters. The quantitative estimate of drug-likeness (QED) is 0.822. The minimum absolute atomic E-state index is 0.383. The lowest BCUT2D eigenvalue weighted by Crippen LogP contribution is -2.34. The number of ether oxygens (including phenoxy) is 1. The van der Waals surface area contributed by atoms with Gasteiger partial charge in [-0.15, -0.1) is 11.3 Å². The third-order valence-electron chi connectivity index (χ3n) is 1.88. The summed E-state index contributed by atoms with van der Waals surface area (Å²) in [5.74, 6) is 0. The summed E-state index contributed by atoms with van der Waals surface area (Å²) in [7, 11) is 0. The van der Waals surface area contributed by atoms with Crippen LogP contribution in [0.5, 0.6) is 0 Å². The van der Waals surface area contributed by atoms with Gasteiger partial charge < -0.3 is 10.1 Å². The fourth-order valence-electron chi connectivity index (χ4n) is 1.29. The Morgan fingerprint density at radius 3 is 3.17 bits per heavy atom. The van der Waals surface area contributed by atoms with Gasteiger partial charge in [0.2, 0.25) is 0 Å². The summed E-state index contributed by atoms with van der Waals surface area (Å²) in [5, 5.41) is 5.51. The first-order valence-electron chi connectivity index (χ1n) is 3.92. The Hall–Kier alpha value is 0.1000. The predicted molar refractivity (Wildman–Crippen MR) is 53.6 cm³/mol. The highest BCUT2D eigenvalue weighted by atomic mass is 79.9. The molecule has 0 saturated carbocycles. The second-order valence-electron chi connectivity index (χ2n) is 2.71. The van der Waals surface area contributed by atoms with Gasteiger partial charge in [-0.25, -0.2) is 0 Å².